The van der Waals surface area contributed by atoms with Crippen molar-refractivity contribution in [2.24, 2.45) is 5.41 Å². The highest BCUT2D eigenvalue weighted by Crippen LogP contribution is 2.31. The predicted molar refractivity (Wildman–Crippen MR) is 82.5 cm³/mol. The van der Waals surface area contributed by atoms with Crippen molar-refractivity contribution in [3.8, 4) is 0 Å². The Balaban J connectivity index is 2.14. The van der Waals surface area contributed by atoms with E-state index < -0.39 is 0 Å². The molecule has 0 radical (unpaired) electrons. The highest BCUT2D eigenvalue weighted by atomic mass is 79.9. The van der Waals surface area contributed by atoms with Gasteiger partial charge in [0.1, 0.15) is 0 Å². The van der Waals surface area contributed by atoms with Crippen LogP contribution in [-0.2, 0) is 4.79 Å². The van der Waals surface area contributed by atoms with Gasteiger partial charge < -0.3 is 10.6 Å². The lowest BCUT2D eigenvalue weighted by Gasteiger charge is -2.32. The van der Waals surface area contributed by atoms with Gasteiger partial charge in [0.25, 0.3) is 0 Å². The molecule has 104 valence electrons. The summed E-state index contributed by atoms with van der Waals surface area (Å²) in [5, 5.41) is 6.37. The van der Waals surface area contributed by atoms with Gasteiger partial charge in [-0.25, -0.2) is 0 Å². The second kappa shape index (κ2) is 5.63. The zero-order valence-corrected chi connectivity index (χ0v) is 13.4. The van der Waals surface area contributed by atoms with Gasteiger partial charge in [0.05, 0.1) is 0 Å². The molecular weight excluding hydrogens is 304 g/mol. The number of anilines is 1. The molecule has 1 aliphatic rings. The molecule has 3 nitrogen and oxygen atoms in total. The average molecular weight is 325 g/mol. The van der Waals surface area contributed by atoms with E-state index in [1.54, 1.807) is 0 Å². The van der Waals surface area contributed by atoms with E-state index in [4.69, 9.17) is 0 Å². The number of amides is 1. The summed E-state index contributed by atoms with van der Waals surface area (Å²) in [5.41, 5.74) is 2.93. The molecule has 1 fully saturated rings. The zero-order valence-electron chi connectivity index (χ0n) is 11.8. The number of halogens is 1. The van der Waals surface area contributed by atoms with E-state index >= 15 is 0 Å². The molecule has 1 heterocycles. The molecule has 2 rings (SSSR count). The highest BCUT2D eigenvalue weighted by molar-refractivity contribution is 9.10. The van der Waals surface area contributed by atoms with Crippen LogP contribution in [-0.4, -0.2) is 19.0 Å². The Morgan fingerprint density at radius 1 is 1.26 bits per heavy atom. The minimum absolute atomic E-state index is 0.134. The summed E-state index contributed by atoms with van der Waals surface area (Å²) in [5.74, 6) is 0.134. The largest absolute Gasteiger partial charge is 0.326 e. The molecule has 19 heavy (non-hydrogen) atoms. The Hall–Kier alpha value is -0.870. The van der Waals surface area contributed by atoms with Gasteiger partial charge in [-0.3, -0.25) is 4.79 Å². The van der Waals surface area contributed by atoms with E-state index in [0.717, 1.165) is 47.2 Å². The number of hydrogen-bond acceptors (Lipinski definition) is 2. The number of hydrogen-bond donors (Lipinski definition) is 2. The number of benzene rings is 1. The van der Waals surface area contributed by atoms with E-state index in [1.807, 2.05) is 26.0 Å². The lowest BCUT2D eigenvalue weighted by atomic mass is 9.80. The standard InChI is InChI=1S/C15H21BrN2O/c1-10-8-12(9-11(2)13(10)16)18-14(19)15(3)4-6-17-7-5-15/h8-9,17H,4-7H2,1-3H3,(H,18,19). The number of nitrogens with one attached hydrogen (secondary N) is 2. The van der Waals surface area contributed by atoms with Crippen molar-refractivity contribution >= 4 is 27.5 Å². The van der Waals surface area contributed by atoms with Crippen LogP contribution < -0.4 is 10.6 Å². The zero-order chi connectivity index (χ0) is 14.0. The van der Waals surface area contributed by atoms with Crippen LogP contribution >= 0.6 is 15.9 Å². The molecule has 1 aromatic carbocycles. The topological polar surface area (TPSA) is 41.1 Å². The Labute approximate surface area is 123 Å². The quantitative estimate of drug-likeness (QED) is 0.875. The van der Waals surface area contributed by atoms with Crippen LogP contribution in [0.4, 0.5) is 5.69 Å². The van der Waals surface area contributed by atoms with Crippen LogP contribution in [0.2, 0.25) is 0 Å². The lowest BCUT2D eigenvalue weighted by molar-refractivity contribution is -0.126. The van der Waals surface area contributed by atoms with Gasteiger partial charge in [0.2, 0.25) is 5.91 Å². The van der Waals surface area contributed by atoms with Crippen LogP contribution in [0.5, 0.6) is 0 Å². The Morgan fingerprint density at radius 2 is 1.79 bits per heavy atom. The third-order valence-corrected chi connectivity index (χ3v) is 5.20. The van der Waals surface area contributed by atoms with Gasteiger partial charge in [0.15, 0.2) is 0 Å². The SMILES string of the molecule is Cc1cc(NC(=O)C2(C)CCNCC2)cc(C)c1Br. The maximum Gasteiger partial charge on any atom is 0.230 e. The first-order valence-corrected chi connectivity index (χ1v) is 7.51. The number of carbonyl (C=O) groups excluding carboxylic acids is 1. The van der Waals surface area contributed by atoms with Crippen LogP contribution in [0.1, 0.15) is 30.9 Å². The van der Waals surface area contributed by atoms with Crippen LogP contribution in [0.15, 0.2) is 16.6 Å². The van der Waals surface area contributed by atoms with Gasteiger partial charge >= 0.3 is 0 Å². The predicted octanol–water partition coefficient (Wildman–Crippen LogP) is 3.39. The first-order chi connectivity index (χ1) is 8.92. The third kappa shape index (κ3) is 3.18. The minimum Gasteiger partial charge on any atom is -0.326 e. The summed E-state index contributed by atoms with van der Waals surface area (Å²) in [6, 6.07) is 4.03. The van der Waals surface area contributed by atoms with Crippen molar-refractivity contribution in [3.63, 3.8) is 0 Å². The maximum absolute atomic E-state index is 12.4. The smallest absolute Gasteiger partial charge is 0.230 e. The van der Waals surface area contributed by atoms with Crippen molar-refractivity contribution in [2.45, 2.75) is 33.6 Å². The number of piperidine rings is 1. The van der Waals surface area contributed by atoms with Crippen molar-refractivity contribution in [1.82, 2.24) is 5.32 Å². The molecule has 1 aromatic rings. The average Bonchev–Trinajstić information content (AvgIpc) is 2.36. The van der Waals surface area contributed by atoms with Gasteiger partial charge in [-0.05, 0) is 63.0 Å². The molecule has 0 saturated carbocycles. The Kier molecular flexibility index (Phi) is 4.31. The molecule has 0 aromatic heterocycles. The molecule has 0 spiro atoms. The fourth-order valence-electron chi connectivity index (χ4n) is 2.51. The molecule has 0 unspecified atom stereocenters. The number of aryl methyl sites for hydroxylation is 2. The van der Waals surface area contributed by atoms with E-state index in [1.165, 1.54) is 0 Å². The first kappa shape index (κ1) is 14.5. The summed E-state index contributed by atoms with van der Waals surface area (Å²) in [4.78, 5) is 12.4. The lowest BCUT2D eigenvalue weighted by Crippen LogP contribution is -2.42. The highest BCUT2D eigenvalue weighted by Gasteiger charge is 2.34. The molecule has 0 atom stereocenters. The second-order valence-corrected chi connectivity index (χ2v) is 6.48. The van der Waals surface area contributed by atoms with Crippen molar-refractivity contribution < 1.29 is 4.79 Å². The Morgan fingerprint density at radius 3 is 2.32 bits per heavy atom. The summed E-state index contributed by atoms with van der Waals surface area (Å²) < 4.78 is 1.11. The van der Waals surface area contributed by atoms with E-state index in [-0.39, 0.29) is 11.3 Å². The maximum atomic E-state index is 12.4. The van der Waals surface area contributed by atoms with Crippen LogP contribution in [0, 0.1) is 19.3 Å². The van der Waals surface area contributed by atoms with Crippen molar-refractivity contribution in [3.05, 3.63) is 27.7 Å². The fraction of sp³-hybridized carbons (Fsp3) is 0.533. The van der Waals surface area contributed by atoms with E-state index in [9.17, 15) is 4.79 Å². The third-order valence-electron chi connectivity index (χ3n) is 3.95. The number of carbonyl (C=O) groups is 1. The normalized spacial score (nSPS) is 18.1. The minimum atomic E-state index is -0.250. The van der Waals surface area contributed by atoms with Crippen LogP contribution in [0.3, 0.4) is 0 Å². The van der Waals surface area contributed by atoms with Crippen molar-refractivity contribution in [1.29, 1.82) is 0 Å². The van der Waals surface area contributed by atoms with Gasteiger partial charge in [-0.15, -0.1) is 0 Å². The molecule has 1 aliphatic heterocycles. The fourth-order valence-corrected chi connectivity index (χ4v) is 2.73. The van der Waals surface area contributed by atoms with Gasteiger partial charge in [0, 0.05) is 15.6 Å². The van der Waals surface area contributed by atoms with Gasteiger partial charge in [-0.1, -0.05) is 22.9 Å². The summed E-state index contributed by atoms with van der Waals surface area (Å²) in [7, 11) is 0. The first-order valence-electron chi connectivity index (χ1n) is 6.71. The van der Waals surface area contributed by atoms with E-state index in [0.29, 0.717) is 0 Å². The van der Waals surface area contributed by atoms with Crippen molar-refractivity contribution in [2.75, 3.05) is 18.4 Å². The van der Waals surface area contributed by atoms with E-state index in [2.05, 4.69) is 33.5 Å². The molecule has 0 aliphatic carbocycles. The molecule has 0 bridgehead atoms. The molecule has 2 N–H and O–H groups in total. The summed E-state index contributed by atoms with van der Waals surface area (Å²) >= 11 is 3.55. The molecule has 1 amide bonds. The number of rotatable bonds is 2. The summed E-state index contributed by atoms with van der Waals surface area (Å²) in [6.07, 6.45) is 1.79. The second-order valence-electron chi connectivity index (χ2n) is 5.69. The molecule has 1 saturated heterocycles. The summed E-state index contributed by atoms with van der Waals surface area (Å²) in [6.45, 7) is 7.98. The van der Waals surface area contributed by atoms with Crippen LogP contribution in [0.25, 0.3) is 0 Å². The van der Waals surface area contributed by atoms with Gasteiger partial charge in [-0.2, -0.15) is 0 Å². The Bertz CT molecular complexity index is 470. The molecular formula is C15H21BrN2O. The molecule has 4 heteroatoms. The monoisotopic (exact) mass is 324 g/mol.